The van der Waals surface area contributed by atoms with Gasteiger partial charge in [0.25, 0.3) is 0 Å². The highest BCUT2D eigenvalue weighted by Crippen LogP contribution is 2.24. The topological polar surface area (TPSA) is 91.2 Å². The summed E-state index contributed by atoms with van der Waals surface area (Å²) < 4.78 is 12.9. The molecule has 1 saturated heterocycles. The van der Waals surface area contributed by atoms with Gasteiger partial charge in [0.1, 0.15) is 11.6 Å². The Morgan fingerprint density at radius 2 is 1.97 bits per heavy atom. The van der Waals surface area contributed by atoms with E-state index in [4.69, 9.17) is 9.47 Å². The minimum absolute atomic E-state index is 0.0166. The van der Waals surface area contributed by atoms with E-state index >= 15 is 0 Å². The van der Waals surface area contributed by atoms with Crippen LogP contribution in [0.2, 0.25) is 0 Å². The SMILES string of the molecule is Cc1cc(C)n(-c2cc(Oc3ccc(NC(=O)C4CCOC4)cc3)nc(C)n2)n1. The van der Waals surface area contributed by atoms with Crippen molar-refractivity contribution >= 4 is 11.6 Å². The zero-order valence-electron chi connectivity index (χ0n) is 16.7. The molecule has 1 aromatic carbocycles. The average Bonchev–Trinajstić information content (AvgIpc) is 3.32. The zero-order valence-corrected chi connectivity index (χ0v) is 16.7. The number of nitrogens with one attached hydrogen (secondary N) is 1. The predicted molar refractivity (Wildman–Crippen MR) is 107 cm³/mol. The van der Waals surface area contributed by atoms with E-state index in [1.807, 2.05) is 26.8 Å². The summed E-state index contributed by atoms with van der Waals surface area (Å²) in [4.78, 5) is 21.0. The van der Waals surface area contributed by atoms with Crippen molar-refractivity contribution in [2.24, 2.45) is 5.92 Å². The number of anilines is 1. The summed E-state index contributed by atoms with van der Waals surface area (Å²) in [5, 5.41) is 7.37. The summed E-state index contributed by atoms with van der Waals surface area (Å²) in [7, 11) is 0. The van der Waals surface area contributed by atoms with E-state index in [-0.39, 0.29) is 11.8 Å². The monoisotopic (exact) mass is 393 g/mol. The molecule has 1 aliphatic rings. The summed E-state index contributed by atoms with van der Waals surface area (Å²) in [5.41, 5.74) is 2.62. The van der Waals surface area contributed by atoms with Gasteiger partial charge in [0.05, 0.1) is 18.2 Å². The Kier molecular flexibility index (Phi) is 5.26. The van der Waals surface area contributed by atoms with Crippen LogP contribution in [0.4, 0.5) is 5.69 Å². The summed E-state index contributed by atoms with van der Waals surface area (Å²) in [6.45, 7) is 6.85. The summed E-state index contributed by atoms with van der Waals surface area (Å²) in [5.74, 6) is 2.19. The third-order valence-corrected chi connectivity index (χ3v) is 4.67. The molecule has 1 aliphatic heterocycles. The Labute approximate surface area is 168 Å². The lowest BCUT2D eigenvalue weighted by Crippen LogP contribution is -2.22. The van der Waals surface area contributed by atoms with E-state index in [0.717, 1.165) is 23.5 Å². The molecular weight excluding hydrogens is 370 g/mol. The van der Waals surface area contributed by atoms with Gasteiger partial charge in [-0.1, -0.05) is 0 Å². The molecule has 0 radical (unpaired) electrons. The zero-order chi connectivity index (χ0) is 20.4. The molecular formula is C21H23N5O3. The molecule has 3 aromatic rings. The van der Waals surface area contributed by atoms with Gasteiger partial charge in [0.15, 0.2) is 5.82 Å². The maximum Gasteiger partial charge on any atom is 0.229 e. The normalized spacial score (nSPS) is 16.0. The summed E-state index contributed by atoms with van der Waals surface area (Å²) in [6, 6.07) is 10.9. The van der Waals surface area contributed by atoms with Gasteiger partial charge in [0.2, 0.25) is 11.8 Å². The molecule has 1 N–H and O–H groups in total. The van der Waals surface area contributed by atoms with Crippen LogP contribution >= 0.6 is 0 Å². The standard InChI is InChI=1S/C21H23N5O3/c1-13-10-14(2)26(25-13)19-11-20(23-15(3)22-19)29-18-6-4-17(5-7-18)24-21(27)16-8-9-28-12-16/h4-7,10-11,16H,8-9,12H2,1-3H3,(H,24,27). The van der Waals surface area contributed by atoms with Gasteiger partial charge in [-0.25, -0.2) is 9.67 Å². The number of carbonyl (C=O) groups excluding carboxylic acids is 1. The molecule has 2 aromatic heterocycles. The maximum absolute atomic E-state index is 12.2. The van der Waals surface area contributed by atoms with Crippen molar-refractivity contribution in [3.8, 4) is 17.4 Å². The second kappa shape index (κ2) is 8.00. The molecule has 0 spiro atoms. The first-order chi connectivity index (χ1) is 14.0. The fraction of sp³-hybridized carbons (Fsp3) is 0.333. The number of nitrogens with zero attached hydrogens (tertiary/aromatic N) is 4. The van der Waals surface area contributed by atoms with Crippen molar-refractivity contribution in [1.82, 2.24) is 19.7 Å². The second-order valence-electron chi connectivity index (χ2n) is 7.13. The molecule has 1 fully saturated rings. The Morgan fingerprint density at radius 3 is 2.62 bits per heavy atom. The number of rotatable bonds is 5. The van der Waals surface area contributed by atoms with Crippen LogP contribution in [0, 0.1) is 26.7 Å². The van der Waals surface area contributed by atoms with Gasteiger partial charge in [-0.05, 0) is 57.5 Å². The van der Waals surface area contributed by atoms with Crippen molar-refractivity contribution in [2.75, 3.05) is 18.5 Å². The average molecular weight is 393 g/mol. The molecule has 4 rings (SSSR count). The van der Waals surface area contributed by atoms with E-state index in [2.05, 4.69) is 20.4 Å². The van der Waals surface area contributed by atoms with Crippen molar-refractivity contribution in [2.45, 2.75) is 27.2 Å². The van der Waals surface area contributed by atoms with Crippen molar-refractivity contribution in [3.63, 3.8) is 0 Å². The number of benzene rings is 1. The van der Waals surface area contributed by atoms with E-state index in [1.54, 1.807) is 35.0 Å². The van der Waals surface area contributed by atoms with Gasteiger partial charge in [-0.2, -0.15) is 10.1 Å². The number of aromatic nitrogens is 4. The number of hydrogen-bond donors (Lipinski definition) is 1. The van der Waals surface area contributed by atoms with E-state index < -0.39 is 0 Å². The lowest BCUT2D eigenvalue weighted by atomic mass is 10.1. The number of carbonyl (C=O) groups is 1. The molecule has 0 saturated carbocycles. The van der Waals surface area contributed by atoms with E-state index in [9.17, 15) is 4.79 Å². The summed E-state index contributed by atoms with van der Waals surface area (Å²) in [6.07, 6.45) is 0.762. The minimum atomic E-state index is -0.0808. The number of amides is 1. The molecule has 8 nitrogen and oxygen atoms in total. The van der Waals surface area contributed by atoms with Gasteiger partial charge < -0.3 is 14.8 Å². The Balaban J connectivity index is 1.47. The first-order valence-corrected chi connectivity index (χ1v) is 9.54. The molecule has 0 aliphatic carbocycles. The van der Waals surface area contributed by atoms with Crippen molar-refractivity contribution in [1.29, 1.82) is 0 Å². The smallest absolute Gasteiger partial charge is 0.229 e. The molecule has 1 atom stereocenters. The molecule has 150 valence electrons. The van der Waals surface area contributed by atoms with Crippen LogP contribution in [0.3, 0.4) is 0 Å². The molecule has 8 heteroatoms. The third-order valence-electron chi connectivity index (χ3n) is 4.67. The molecule has 0 bridgehead atoms. The highest BCUT2D eigenvalue weighted by molar-refractivity contribution is 5.92. The maximum atomic E-state index is 12.2. The van der Waals surface area contributed by atoms with Gasteiger partial charge >= 0.3 is 0 Å². The minimum Gasteiger partial charge on any atom is -0.439 e. The number of hydrogen-bond acceptors (Lipinski definition) is 6. The first kappa shape index (κ1) is 19.1. The largest absolute Gasteiger partial charge is 0.439 e. The van der Waals surface area contributed by atoms with Crippen LogP contribution in [-0.4, -0.2) is 38.9 Å². The first-order valence-electron chi connectivity index (χ1n) is 9.54. The van der Waals surface area contributed by atoms with Crippen molar-refractivity contribution < 1.29 is 14.3 Å². The van der Waals surface area contributed by atoms with Crippen LogP contribution < -0.4 is 10.1 Å². The number of ether oxygens (including phenoxy) is 2. The fourth-order valence-corrected chi connectivity index (χ4v) is 3.26. The van der Waals surface area contributed by atoms with Crippen molar-refractivity contribution in [3.05, 3.63) is 53.6 Å². The molecule has 1 amide bonds. The van der Waals surface area contributed by atoms with Crippen LogP contribution in [-0.2, 0) is 9.53 Å². The van der Waals surface area contributed by atoms with Gasteiger partial charge in [0, 0.05) is 24.1 Å². The Bertz CT molecular complexity index is 1020. The Morgan fingerprint density at radius 1 is 1.17 bits per heavy atom. The van der Waals surface area contributed by atoms with Crippen LogP contribution in [0.5, 0.6) is 11.6 Å². The van der Waals surface area contributed by atoms with Gasteiger partial charge in [-0.15, -0.1) is 0 Å². The third kappa shape index (κ3) is 4.43. The Hall–Kier alpha value is -3.26. The predicted octanol–water partition coefficient (Wildman–Crippen LogP) is 3.35. The molecule has 1 unspecified atom stereocenters. The lowest BCUT2D eigenvalue weighted by molar-refractivity contribution is -0.119. The van der Waals surface area contributed by atoms with Crippen LogP contribution in [0.15, 0.2) is 36.4 Å². The highest BCUT2D eigenvalue weighted by Gasteiger charge is 2.23. The molecule has 29 heavy (non-hydrogen) atoms. The fourth-order valence-electron chi connectivity index (χ4n) is 3.26. The van der Waals surface area contributed by atoms with Crippen LogP contribution in [0.25, 0.3) is 5.82 Å². The molecule has 3 heterocycles. The van der Waals surface area contributed by atoms with E-state index in [0.29, 0.717) is 36.5 Å². The highest BCUT2D eigenvalue weighted by atomic mass is 16.5. The van der Waals surface area contributed by atoms with E-state index in [1.165, 1.54) is 0 Å². The summed E-state index contributed by atoms with van der Waals surface area (Å²) >= 11 is 0. The lowest BCUT2D eigenvalue weighted by Gasteiger charge is -2.11. The second-order valence-corrected chi connectivity index (χ2v) is 7.13. The van der Waals surface area contributed by atoms with Crippen LogP contribution in [0.1, 0.15) is 23.6 Å². The number of aryl methyl sites for hydroxylation is 3. The van der Waals surface area contributed by atoms with Gasteiger partial charge in [-0.3, -0.25) is 4.79 Å². The quantitative estimate of drug-likeness (QED) is 0.715.